The number of esters is 1. The maximum atomic E-state index is 14.7. The van der Waals surface area contributed by atoms with Crippen LogP contribution in [0.5, 0.6) is 5.75 Å². The molecular formula is C51H66N8O8. The van der Waals surface area contributed by atoms with E-state index in [0.29, 0.717) is 44.3 Å². The van der Waals surface area contributed by atoms with Crippen LogP contribution in [0.25, 0.3) is 33.3 Å². The molecule has 5 atom stereocenters. The van der Waals surface area contributed by atoms with Gasteiger partial charge in [-0.3, -0.25) is 33.7 Å². The standard InChI is InChI=1S/C51H66N8O8/c1-9-43(61)56-20-17-33(28-56)48(63)55(7)44(30(3)4)47(62)53-40-23-31-21-34(24-35(60)22-31)32-15-16-41-36(25-32)37(26-51(5,6)29-67-50(65)39-13-11-19-59(54-39)49(40)64)45(57(41)10-2)38-27-52-58-18-12-14-42(66-8)46(38)58/h9,15-16,21-22,24-25,27,30,33,39-40,42,44,54,60H,1,10-14,17-20,23,26,28-29H2,2-8H3,(H,53,62)/t33-,39-,40-,42-,44?/m0/s1. The van der Waals surface area contributed by atoms with Gasteiger partial charge in [0.2, 0.25) is 17.7 Å². The van der Waals surface area contributed by atoms with E-state index in [0.717, 1.165) is 63.9 Å². The number of aryl methyl sites for hydroxylation is 2. The molecule has 6 bridgehead atoms. The van der Waals surface area contributed by atoms with Crippen molar-refractivity contribution in [3.05, 3.63) is 72.1 Å². The number of carbonyl (C=O) groups excluding carboxylic acids is 5. The molecule has 0 spiro atoms. The molecule has 2 aromatic carbocycles. The molecule has 0 saturated carbocycles. The van der Waals surface area contributed by atoms with Gasteiger partial charge in [-0.05, 0) is 104 Å². The van der Waals surface area contributed by atoms with E-state index in [2.05, 4.69) is 59.5 Å². The normalized spacial score (nSPS) is 22.5. The van der Waals surface area contributed by atoms with E-state index < -0.39 is 47.2 Å². The number of nitrogens with zero attached hydrogens (tertiary/aromatic N) is 6. The summed E-state index contributed by atoms with van der Waals surface area (Å²) in [6.07, 6.45) is 6.90. The third kappa shape index (κ3) is 9.47. The molecule has 16 nitrogen and oxygen atoms in total. The highest BCUT2D eigenvalue weighted by Crippen LogP contribution is 2.44. The van der Waals surface area contributed by atoms with Crippen LogP contribution in [0.4, 0.5) is 0 Å². The van der Waals surface area contributed by atoms with Crippen LogP contribution >= 0.6 is 0 Å². The Balaban J connectivity index is 1.20. The highest BCUT2D eigenvalue weighted by Gasteiger charge is 2.40. The van der Waals surface area contributed by atoms with Gasteiger partial charge in [-0.1, -0.05) is 46.4 Å². The fourth-order valence-corrected chi connectivity index (χ4v) is 10.8. The topological polar surface area (TPSA) is 181 Å². The Bertz CT molecular complexity index is 2580. The smallest absolute Gasteiger partial charge is 0.324 e. The van der Waals surface area contributed by atoms with Gasteiger partial charge in [-0.15, -0.1) is 0 Å². The second-order valence-corrected chi connectivity index (χ2v) is 19.9. The van der Waals surface area contributed by atoms with E-state index in [4.69, 9.17) is 14.6 Å². The van der Waals surface area contributed by atoms with E-state index in [1.54, 1.807) is 31.2 Å². The van der Waals surface area contributed by atoms with Gasteiger partial charge in [-0.2, -0.15) is 5.10 Å². The van der Waals surface area contributed by atoms with E-state index in [1.807, 2.05) is 32.2 Å². The average molecular weight is 919 g/mol. The van der Waals surface area contributed by atoms with Crippen LogP contribution in [0.3, 0.4) is 0 Å². The monoisotopic (exact) mass is 919 g/mol. The van der Waals surface area contributed by atoms with Gasteiger partial charge in [0.15, 0.2) is 0 Å². The number of aromatic nitrogens is 3. The summed E-state index contributed by atoms with van der Waals surface area (Å²) in [4.78, 5) is 72.5. The number of aromatic hydroxyl groups is 1. The van der Waals surface area contributed by atoms with Gasteiger partial charge in [0.1, 0.15) is 23.9 Å². The van der Waals surface area contributed by atoms with Crippen LogP contribution in [0.1, 0.15) is 89.6 Å². The molecule has 6 heterocycles. The number of amides is 4. The summed E-state index contributed by atoms with van der Waals surface area (Å²) in [7, 11) is 3.33. The van der Waals surface area contributed by atoms with Gasteiger partial charge in [0.25, 0.3) is 5.91 Å². The predicted molar refractivity (Wildman–Crippen MR) is 253 cm³/mol. The van der Waals surface area contributed by atoms with Crippen molar-refractivity contribution >= 4 is 40.5 Å². The number of nitrogens with one attached hydrogen (secondary N) is 2. The lowest BCUT2D eigenvalue weighted by Crippen LogP contribution is -2.62. The summed E-state index contributed by atoms with van der Waals surface area (Å²) in [5.74, 6) is -2.83. The van der Waals surface area contributed by atoms with Crippen molar-refractivity contribution in [1.29, 1.82) is 0 Å². The second kappa shape index (κ2) is 19.3. The zero-order valence-electron chi connectivity index (χ0n) is 40.0. The van der Waals surface area contributed by atoms with Crippen molar-refractivity contribution in [3.8, 4) is 28.1 Å². The first-order valence-corrected chi connectivity index (χ1v) is 23.8. The molecule has 3 N–H and O–H groups in total. The van der Waals surface area contributed by atoms with E-state index in [1.165, 1.54) is 16.0 Å². The van der Waals surface area contributed by atoms with Gasteiger partial charge in [0.05, 0.1) is 36.2 Å². The van der Waals surface area contributed by atoms with Crippen molar-refractivity contribution in [3.63, 3.8) is 0 Å². The van der Waals surface area contributed by atoms with Crippen molar-refractivity contribution in [1.82, 2.24) is 39.9 Å². The fraction of sp³-hybridized carbons (Fsp3) is 0.529. The van der Waals surface area contributed by atoms with Gasteiger partial charge in [0, 0.05) is 75.2 Å². The Morgan fingerprint density at radius 1 is 1.07 bits per heavy atom. The number of likely N-dealkylation sites (N-methyl/N-ethyl adjacent to an activating group) is 1. The number of phenolic OH excluding ortho intramolecular Hbond substituents is 1. The van der Waals surface area contributed by atoms with Crippen molar-refractivity contribution in [2.75, 3.05) is 40.4 Å². The highest BCUT2D eigenvalue weighted by molar-refractivity contribution is 5.96. The summed E-state index contributed by atoms with van der Waals surface area (Å²) in [5, 5.41) is 21.6. The number of methoxy groups -OCH3 is 1. The molecule has 4 aliphatic heterocycles. The van der Waals surface area contributed by atoms with Crippen molar-refractivity contribution in [2.45, 2.75) is 117 Å². The Morgan fingerprint density at radius 2 is 1.85 bits per heavy atom. The van der Waals surface area contributed by atoms with Crippen molar-refractivity contribution < 1.29 is 38.6 Å². The third-order valence-electron chi connectivity index (χ3n) is 14.1. The molecule has 67 heavy (non-hydrogen) atoms. The number of rotatable bonds is 9. The van der Waals surface area contributed by atoms with Crippen LogP contribution in [-0.2, 0) is 59.4 Å². The van der Waals surface area contributed by atoms with Crippen LogP contribution < -0.4 is 10.7 Å². The molecule has 0 aliphatic carbocycles. The number of phenols is 1. The fourth-order valence-electron chi connectivity index (χ4n) is 10.8. The lowest BCUT2D eigenvalue weighted by atomic mass is 9.84. The number of likely N-dealkylation sites (tertiary alicyclic amines) is 1. The Labute approximate surface area is 392 Å². The zero-order valence-corrected chi connectivity index (χ0v) is 40.0. The zero-order chi connectivity index (χ0) is 47.9. The molecule has 2 aromatic heterocycles. The van der Waals surface area contributed by atoms with Crippen LogP contribution in [0.15, 0.2) is 55.3 Å². The maximum Gasteiger partial charge on any atom is 0.324 e. The Hall–Kier alpha value is -6.00. The summed E-state index contributed by atoms with van der Waals surface area (Å²) in [6.45, 7) is 16.1. The average Bonchev–Trinajstić information content (AvgIpc) is 4.05. The van der Waals surface area contributed by atoms with Crippen molar-refractivity contribution in [2.24, 2.45) is 17.3 Å². The number of benzene rings is 2. The second-order valence-electron chi connectivity index (χ2n) is 19.9. The summed E-state index contributed by atoms with van der Waals surface area (Å²) in [6, 6.07) is 8.60. The predicted octanol–water partition coefficient (Wildman–Crippen LogP) is 5.54. The lowest BCUT2D eigenvalue weighted by Gasteiger charge is -2.37. The number of carbonyl (C=O) groups is 5. The molecule has 358 valence electrons. The lowest BCUT2D eigenvalue weighted by molar-refractivity contribution is -0.155. The highest BCUT2D eigenvalue weighted by atomic mass is 16.5. The molecular weight excluding hydrogens is 853 g/mol. The van der Waals surface area contributed by atoms with E-state index in [9.17, 15) is 29.1 Å². The number of hydrazine groups is 1. The molecule has 4 aliphatic rings. The van der Waals surface area contributed by atoms with Crippen LogP contribution in [0.2, 0.25) is 0 Å². The molecule has 2 saturated heterocycles. The molecule has 0 radical (unpaired) electrons. The van der Waals surface area contributed by atoms with Gasteiger partial charge in [-0.25, -0.2) is 5.43 Å². The third-order valence-corrected chi connectivity index (χ3v) is 14.1. The summed E-state index contributed by atoms with van der Waals surface area (Å²) >= 11 is 0. The van der Waals surface area contributed by atoms with E-state index >= 15 is 0 Å². The number of ether oxygens (including phenoxy) is 2. The van der Waals surface area contributed by atoms with Gasteiger partial charge < -0.3 is 34.3 Å². The van der Waals surface area contributed by atoms with Crippen LogP contribution in [-0.4, -0.2) is 122 Å². The minimum Gasteiger partial charge on any atom is -0.508 e. The first-order chi connectivity index (χ1) is 32.0. The molecule has 4 aromatic rings. The quantitative estimate of drug-likeness (QED) is 0.143. The molecule has 16 heteroatoms. The molecule has 8 rings (SSSR count). The number of cyclic esters (lactones) is 1. The molecule has 1 unspecified atom stereocenters. The first-order valence-electron chi connectivity index (χ1n) is 23.8. The largest absolute Gasteiger partial charge is 0.508 e. The summed E-state index contributed by atoms with van der Waals surface area (Å²) < 4.78 is 16.6. The number of hydrogen-bond acceptors (Lipinski definition) is 10. The minimum atomic E-state index is -1.16. The number of hydrogen-bond donors (Lipinski definition) is 3. The first kappa shape index (κ1) is 47.5. The SMILES string of the molecule is C=CC(=O)N1CC[C@H](C(=O)N(C)C(C(=O)N[C@H]2Cc3cc(O)cc(c3)-c3ccc4c(c3)c(c(-c3cnn5c3[C@@H](OC)CCC5)n4CC)CC(C)(C)COC(=O)[C@@H]3CCCN(N3)C2=O)C(C)C)C1. The Morgan fingerprint density at radius 3 is 2.58 bits per heavy atom. The van der Waals surface area contributed by atoms with Crippen LogP contribution in [0, 0.1) is 17.3 Å². The molecule has 4 amide bonds. The summed E-state index contributed by atoms with van der Waals surface area (Å²) in [5.41, 5.74) is 9.99. The minimum absolute atomic E-state index is 0.00495. The van der Waals surface area contributed by atoms with E-state index in [-0.39, 0.29) is 55.7 Å². The maximum absolute atomic E-state index is 14.7. The van der Waals surface area contributed by atoms with Gasteiger partial charge >= 0.3 is 5.97 Å². The molecule has 2 fully saturated rings. The Kier molecular flexibility index (Phi) is 13.7. The number of fused-ring (bicyclic) bond motifs is 7.